The van der Waals surface area contributed by atoms with Gasteiger partial charge in [-0.15, -0.1) is 34.0 Å². The maximum atomic E-state index is 14.5. The van der Waals surface area contributed by atoms with E-state index in [9.17, 15) is 9.59 Å². The van der Waals surface area contributed by atoms with Crippen molar-refractivity contribution in [3.63, 3.8) is 0 Å². The fourth-order valence-corrected chi connectivity index (χ4v) is 14.1. The van der Waals surface area contributed by atoms with Crippen LogP contribution in [0.2, 0.25) is 39.3 Å². The van der Waals surface area contributed by atoms with Crippen LogP contribution >= 0.6 is 34.0 Å². The summed E-state index contributed by atoms with van der Waals surface area (Å²) in [5.41, 5.74) is 6.27. The molecule has 0 N–H and O–H groups in total. The Kier molecular flexibility index (Phi) is 8.87. The zero-order chi connectivity index (χ0) is 35.9. The van der Waals surface area contributed by atoms with Crippen LogP contribution in [-0.4, -0.2) is 28.0 Å². The molecule has 1 aliphatic rings. The molecular weight excluding hydrogens is 703 g/mol. The number of hydrogen-bond acceptors (Lipinski definition) is 5. The number of anilines is 1. The molecule has 0 saturated heterocycles. The van der Waals surface area contributed by atoms with Crippen molar-refractivity contribution in [1.29, 1.82) is 0 Å². The molecule has 256 valence electrons. The number of imide groups is 1. The summed E-state index contributed by atoms with van der Waals surface area (Å²) < 4.78 is 3.01. The van der Waals surface area contributed by atoms with E-state index in [4.69, 9.17) is 0 Å². The van der Waals surface area contributed by atoms with Gasteiger partial charge in [0.1, 0.15) is 0 Å². The van der Waals surface area contributed by atoms with Crippen molar-refractivity contribution < 1.29 is 9.59 Å². The van der Waals surface area contributed by atoms with Crippen LogP contribution in [0.3, 0.4) is 0 Å². The average Bonchev–Trinajstić information content (AvgIpc) is 3.82. The summed E-state index contributed by atoms with van der Waals surface area (Å²) >= 11 is 5.70. The van der Waals surface area contributed by atoms with Crippen molar-refractivity contribution in [3.8, 4) is 30.6 Å². The first-order valence-electron chi connectivity index (χ1n) is 17.5. The number of benzene rings is 3. The number of thiophene rings is 3. The largest absolute Gasteiger partial charge is 0.268 e. The van der Waals surface area contributed by atoms with Crippen molar-refractivity contribution in [2.24, 2.45) is 0 Å². The van der Waals surface area contributed by atoms with Crippen LogP contribution in [0.5, 0.6) is 0 Å². The van der Waals surface area contributed by atoms with Crippen LogP contribution in [0.4, 0.5) is 5.69 Å². The standard InChI is InChI=1S/C42H45NO2S3Si2/c1-24(2)26-13-11-14-27(25(3)4)39(26)43-41(44)30-16-12-15-29-28(17-18-31(38(29)30)42(43)45)35-23-32(33-19-21-36(46-33)49(5,6)7)40(48-35)34-20-22-37(47-34)50(8,9)10/h11-25H,1-10H3. The lowest BCUT2D eigenvalue weighted by molar-refractivity contribution is 0.0893. The van der Waals surface area contributed by atoms with Crippen molar-refractivity contribution in [1.82, 2.24) is 0 Å². The van der Waals surface area contributed by atoms with Gasteiger partial charge in [-0.2, -0.15) is 0 Å². The Labute approximate surface area is 310 Å². The summed E-state index contributed by atoms with van der Waals surface area (Å²) in [6, 6.07) is 27.8. The number of para-hydroxylation sites is 1. The van der Waals surface area contributed by atoms with Crippen LogP contribution in [0.25, 0.3) is 41.4 Å². The van der Waals surface area contributed by atoms with Gasteiger partial charge in [-0.25, -0.2) is 4.90 Å². The zero-order valence-corrected chi connectivity index (χ0v) is 35.1. The molecular formula is C42H45NO2S3Si2. The second-order valence-electron chi connectivity index (χ2n) is 16.1. The fourth-order valence-electron chi connectivity index (χ4n) is 6.92. The van der Waals surface area contributed by atoms with E-state index in [0.717, 1.165) is 38.0 Å². The van der Waals surface area contributed by atoms with Gasteiger partial charge in [-0.3, -0.25) is 9.59 Å². The summed E-state index contributed by atoms with van der Waals surface area (Å²) in [5.74, 6) is -0.187. The highest BCUT2D eigenvalue weighted by molar-refractivity contribution is 7.32. The first-order chi connectivity index (χ1) is 23.6. The van der Waals surface area contributed by atoms with Gasteiger partial charge in [-0.05, 0) is 73.2 Å². The van der Waals surface area contributed by atoms with Gasteiger partial charge in [0.2, 0.25) is 0 Å². The predicted octanol–water partition coefficient (Wildman–Crippen LogP) is 12.2. The monoisotopic (exact) mass is 747 g/mol. The molecule has 0 bridgehead atoms. The van der Waals surface area contributed by atoms with Crippen molar-refractivity contribution in [2.75, 3.05) is 4.90 Å². The van der Waals surface area contributed by atoms with Crippen molar-refractivity contribution >= 4 is 87.4 Å². The van der Waals surface area contributed by atoms with Crippen molar-refractivity contribution in [2.45, 2.75) is 78.8 Å². The fraction of sp³-hybridized carbons (Fsp3) is 0.286. The maximum Gasteiger partial charge on any atom is 0.266 e. The quantitative estimate of drug-likeness (QED) is 0.115. The second kappa shape index (κ2) is 12.7. The van der Waals surface area contributed by atoms with E-state index in [1.807, 2.05) is 58.3 Å². The zero-order valence-electron chi connectivity index (χ0n) is 30.6. The molecule has 2 amide bonds. The van der Waals surface area contributed by atoms with Gasteiger partial charge in [-0.1, -0.05) is 116 Å². The smallest absolute Gasteiger partial charge is 0.266 e. The number of carbonyl (C=O) groups is 2. The van der Waals surface area contributed by atoms with Crippen LogP contribution in [-0.2, 0) is 0 Å². The Hall–Kier alpha value is -3.41. The Bertz CT molecular complexity index is 2190. The first-order valence-corrected chi connectivity index (χ1v) is 26.9. The first kappa shape index (κ1) is 35.0. The van der Waals surface area contributed by atoms with Gasteiger partial charge < -0.3 is 0 Å². The number of rotatable bonds is 8. The molecule has 0 radical (unpaired) electrons. The lowest BCUT2D eigenvalue weighted by Crippen LogP contribution is -2.41. The average molecular weight is 748 g/mol. The SMILES string of the molecule is CC(C)c1cccc(C(C)C)c1N1C(=O)c2cccc3c(-c4cc(-c5ccc([Si](C)(C)C)s5)c(-c5ccc([Si](C)(C)C)s5)s4)ccc(c23)C1=O. The summed E-state index contributed by atoms with van der Waals surface area (Å²) in [4.78, 5) is 35.6. The summed E-state index contributed by atoms with van der Waals surface area (Å²) in [5, 5.41) is 1.71. The summed E-state index contributed by atoms with van der Waals surface area (Å²) in [7, 11) is -2.93. The van der Waals surface area contributed by atoms with E-state index < -0.39 is 16.1 Å². The lowest BCUT2D eigenvalue weighted by atomic mass is 9.87. The highest BCUT2D eigenvalue weighted by atomic mass is 32.1. The highest BCUT2D eigenvalue weighted by Crippen LogP contribution is 2.49. The number of carbonyl (C=O) groups excluding carboxylic acids is 2. The van der Waals surface area contributed by atoms with E-state index in [2.05, 4.69) is 122 Å². The van der Waals surface area contributed by atoms with Gasteiger partial charge in [0.15, 0.2) is 0 Å². The molecule has 3 aromatic carbocycles. The predicted molar refractivity (Wildman–Crippen MR) is 226 cm³/mol. The minimum atomic E-state index is -1.47. The molecule has 6 aromatic rings. The van der Waals surface area contributed by atoms with E-state index in [-0.39, 0.29) is 23.7 Å². The molecule has 1 aliphatic heterocycles. The van der Waals surface area contributed by atoms with E-state index >= 15 is 0 Å². The van der Waals surface area contributed by atoms with E-state index in [0.29, 0.717) is 11.1 Å². The molecule has 3 nitrogen and oxygen atoms in total. The van der Waals surface area contributed by atoms with Crippen LogP contribution in [0.15, 0.2) is 78.9 Å². The topological polar surface area (TPSA) is 37.4 Å². The van der Waals surface area contributed by atoms with Crippen LogP contribution < -0.4 is 13.9 Å². The van der Waals surface area contributed by atoms with Gasteiger partial charge in [0, 0.05) is 36.7 Å². The number of amides is 2. The molecule has 8 heteroatoms. The third-order valence-electron chi connectivity index (χ3n) is 9.65. The minimum Gasteiger partial charge on any atom is -0.268 e. The molecule has 7 rings (SSSR count). The molecule has 0 unspecified atom stereocenters. The van der Waals surface area contributed by atoms with Gasteiger partial charge >= 0.3 is 0 Å². The molecule has 3 aromatic heterocycles. The molecule has 0 atom stereocenters. The minimum absolute atomic E-state index is 0.154. The van der Waals surface area contributed by atoms with Crippen LogP contribution in [0.1, 0.15) is 71.4 Å². The number of nitrogens with zero attached hydrogens (tertiary/aromatic N) is 1. The third-order valence-corrected chi connectivity index (χ3v) is 20.4. The molecule has 0 saturated carbocycles. The third kappa shape index (κ3) is 5.93. The maximum absolute atomic E-state index is 14.5. The van der Waals surface area contributed by atoms with Crippen molar-refractivity contribution in [3.05, 3.63) is 101 Å². The Balaban J connectivity index is 1.41. The lowest BCUT2D eigenvalue weighted by Gasteiger charge is -2.32. The van der Waals surface area contributed by atoms with E-state index in [1.54, 1.807) is 0 Å². The molecule has 4 heterocycles. The Morgan fingerprint density at radius 2 is 1.06 bits per heavy atom. The molecule has 0 aliphatic carbocycles. The van der Waals surface area contributed by atoms with Crippen LogP contribution in [0, 0.1) is 0 Å². The highest BCUT2D eigenvalue weighted by Gasteiger charge is 2.37. The molecule has 0 fully saturated rings. The number of hydrogen-bond donors (Lipinski definition) is 0. The molecule has 50 heavy (non-hydrogen) atoms. The van der Waals surface area contributed by atoms with E-state index in [1.165, 1.54) is 34.1 Å². The van der Waals surface area contributed by atoms with Gasteiger partial charge in [0.25, 0.3) is 11.8 Å². The second-order valence-corrected chi connectivity index (χ2v) is 30.1. The molecule has 0 spiro atoms. The normalized spacial score (nSPS) is 13.8. The Morgan fingerprint density at radius 1 is 0.540 bits per heavy atom. The Morgan fingerprint density at radius 3 is 1.62 bits per heavy atom. The summed E-state index contributed by atoms with van der Waals surface area (Å²) in [6.45, 7) is 22.9. The van der Waals surface area contributed by atoms with Gasteiger partial charge in [0.05, 0.1) is 26.7 Å². The summed E-state index contributed by atoms with van der Waals surface area (Å²) in [6.07, 6.45) is 0.